The molecule has 1 saturated carbocycles. The Kier molecular flexibility index (Phi) is 9.56. The maximum atomic E-state index is 15.5. The van der Waals surface area contributed by atoms with Crippen molar-refractivity contribution in [1.29, 1.82) is 0 Å². The second-order valence-corrected chi connectivity index (χ2v) is 15.6. The number of anilines is 1. The van der Waals surface area contributed by atoms with Crippen molar-refractivity contribution >= 4 is 23.5 Å². The summed E-state index contributed by atoms with van der Waals surface area (Å²) in [5, 5.41) is 14.6. The van der Waals surface area contributed by atoms with Gasteiger partial charge in [0.2, 0.25) is 11.7 Å². The Morgan fingerprint density at radius 3 is 2.50 bits per heavy atom. The Bertz CT molecular complexity index is 2430. The van der Waals surface area contributed by atoms with E-state index in [1.165, 1.54) is 29.3 Å². The number of aryl methyl sites for hydroxylation is 1. The molecule has 3 fully saturated rings. The van der Waals surface area contributed by atoms with Crippen LogP contribution in [-0.2, 0) is 23.3 Å². The number of hydrogen-bond donors (Lipinski definition) is 3. The number of imide groups is 1. The van der Waals surface area contributed by atoms with Crippen molar-refractivity contribution in [2.24, 2.45) is 5.41 Å². The lowest BCUT2D eigenvalue weighted by atomic mass is 9.56. The van der Waals surface area contributed by atoms with E-state index in [0.717, 1.165) is 45.3 Å². The molecule has 4 aromatic heterocycles. The van der Waals surface area contributed by atoms with Gasteiger partial charge in [-0.05, 0) is 74.3 Å². The van der Waals surface area contributed by atoms with E-state index >= 15 is 8.78 Å². The first-order chi connectivity index (χ1) is 27.5. The third-order valence-electron chi connectivity index (χ3n) is 11.0. The summed E-state index contributed by atoms with van der Waals surface area (Å²) in [6.45, 7) is 5.57. The fraction of sp³-hybridized carbons (Fsp3) is 0.395. The molecule has 20 heteroatoms. The van der Waals surface area contributed by atoms with E-state index in [9.17, 15) is 27.6 Å². The predicted octanol–water partition coefficient (Wildman–Crippen LogP) is 5.49. The van der Waals surface area contributed by atoms with Crippen LogP contribution in [0.2, 0.25) is 0 Å². The number of likely N-dealkylation sites (tertiary alicyclic amines) is 1. The number of aromatic amines is 1. The van der Waals surface area contributed by atoms with Gasteiger partial charge in [0.25, 0.3) is 5.91 Å². The van der Waals surface area contributed by atoms with Crippen molar-refractivity contribution in [2.45, 2.75) is 70.6 Å². The minimum atomic E-state index is -4.58. The molecule has 6 heterocycles. The van der Waals surface area contributed by atoms with Gasteiger partial charge in [-0.25, -0.2) is 28.5 Å². The van der Waals surface area contributed by atoms with Crippen LogP contribution in [0, 0.1) is 24.0 Å². The van der Waals surface area contributed by atoms with Crippen LogP contribution in [-0.4, -0.2) is 83.8 Å². The molecule has 0 radical (unpaired) electrons. The SMILES string of the molecule is Cc1nc(-c2cc(C(=O)NCc3nc(C(C)(C)C(F)(F)F)n[nH]3)on2)ncc1-c1ncc(CN2CC3(CC(c4ccc(N5CCC(=O)NC5=O)c(F)c4)C3)C2)cc1F. The van der Waals surface area contributed by atoms with Crippen LogP contribution in [0.15, 0.2) is 47.2 Å². The molecule has 302 valence electrons. The average Bonchev–Trinajstić information content (AvgIpc) is 3.83. The lowest BCUT2D eigenvalue weighted by molar-refractivity contribution is -0.182. The number of pyridine rings is 1. The Balaban J connectivity index is 0.831. The quantitative estimate of drug-likeness (QED) is 0.151. The number of rotatable bonds is 10. The van der Waals surface area contributed by atoms with Crippen molar-refractivity contribution in [2.75, 3.05) is 24.5 Å². The number of halogens is 5. The average molecular weight is 806 g/mol. The monoisotopic (exact) mass is 805 g/mol. The first-order valence-corrected chi connectivity index (χ1v) is 18.3. The molecule has 1 aromatic carbocycles. The number of alkyl halides is 3. The molecule has 4 amide bonds. The highest BCUT2D eigenvalue weighted by atomic mass is 19.4. The molecule has 5 aromatic rings. The summed E-state index contributed by atoms with van der Waals surface area (Å²) in [7, 11) is 0. The third-order valence-corrected chi connectivity index (χ3v) is 11.0. The molecular weight excluding hydrogens is 769 g/mol. The zero-order chi connectivity index (χ0) is 41.1. The second kappa shape index (κ2) is 14.3. The van der Waals surface area contributed by atoms with Gasteiger partial charge in [-0.1, -0.05) is 11.2 Å². The number of H-pyrrole nitrogens is 1. The summed E-state index contributed by atoms with van der Waals surface area (Å²) >= 11 is 0. The maximum Gasteiger partial charge on any atom is 0.401 e. The van der Waals surface area contributed by atoms with E-state index < -0.39 is 41.0 Å². The van der Waals surface area contributed by atoms with Gasteiger partial charge in [-0.15, -0.1) is 0 Å². The number of carbonyl (C=O) groups excluding carboxylic acids is 3. The van der Waals surface area contributed by atoms with E-state index in [1.54, 1.807) is 19.2 Å². The lowest BCUT2D eigenvalue weighted by Crippen LogP contribution is -2.61. The Morgan fingerprint density at radius 2 is 1.81 bits per heavy atom. The molecule has 1 spiro atoms. The predicted molar refractivity (Wildman–Crippen MR) is 194 cm³/mol. The Hall–Kier alpha value is -6.18. The number of urea groups is 1. The highest BCUT2D eigenvalue weighted by molar-refractivity contribution is 6.05. The number of aromatic nitrogens is 7. The Labute approximate surface area is 326 Å². The van der Waals surface area contributed by atoms with Gasteiger partial charge in [-0.2, -0.15) is 18.3 Å². The summed E-state index contributed by atoms with van der Waals surface area (Å²) in [6, 6.07) is 7.02. The molecule has 2 saturated heterocycles. The number of nitrogens with zero attached hydrogens (tertiary/aromatic N) is 8. The molecule has 8 rings (SSSR count). The molecule has 58 heavy (non-hydrogen) atoms. The van der Waals surface area contributed by atoms with E-state index in [-0.39, 0.29) is 71.2 Å². The van der Waals surface area contributed by atoms with Crippen LogP contribution in [0.4, 0.5) is 32.4 Å². The summed E-state index contributed by atoms with van der Waals surface area (Å²) in [5.41, 5.74) is 0.487. The van der Waals surface area contributed by atoms with Crippen LogP contribution in [0.25, 0.3) is 22.8 Å². The van der Waals surface area contributed by atoms with Crippen molar-refractivity contribution in [3.05, 3.63) is 88.6 Å². The third kappa shape index (κ3) is 7.27. The normalized spacial score (nSPS) is 17.3. The smallest absolute Gasteiger partial charge is 0.350 e. The van der Waals surface area contributed by atoms with Crippen LogP contribution in [0.5, 0.6) is 0 Å². The summed E-state index contributed by atoms with van der Waals surface area (Å²) in [4.78, 5) is 56.7. The molecule has 0 unspecified atom stereocenters. The lowest BCUT2D eigenvalue weighted by Gasteiger charge is -2.59. The van der Waals surface area contributed by atoms with Gasteiger partial charge in [0.05, 0.1) is 17.9 Å². The standard InChI is InChI=1S/C38H36F5N11O4/c1-19-23(14-45-32(47-19)26-10-28(58-52-26)33(56)46-15-29-48-34(51-50-29)36(2,3)38(41,42)43)31-25(40)8-20(13-44-31)16-53-17-37(18-53)11-22(12-37)21-4-5-27(24(39)9-21)54-7-6-30(55)49-35(54)57/h4-5,8-10,13-14,22H,6-7,11-12,15-18H2,1-3H3,(H,46,56)(H,48,50,51)(H,49,55,57). The fourth-order valence-corrected chi connectivity index (χ4v) is 7.65. The number of benzene rings is 1. The zero-order valence-electron chi connectivity index (χ0n) is 31.4. The van der Waals surface area contributed by atoms with E-state index in [0.29, 0.717) is 23.4 Å². The van der Waals surface area contributed by atoms with Crippen molar-refractivity contribution in [3.8, 4) is 22.8 Å². The van der Waals surface area contributed by atoms with Gasteiger partial charge < -0.3 is 9.84 Å². The van der Waals surface area contributed by atoms with Crippen LogP contribution >= 0.6 is 0 Å². The van der Waals surface area contributed by atoms with Gasteiger partial charge in [-0.3, -0.25) is 34.8 Å². The molecule has 15 nitrogen and oxygen atoms in total. The van der Waals surface area contributed by atoms with Crippen LogP contribution < -0.4 is 15.5 Å². The van der Waals surface area contributed by atoms with Crippen LogP contribution in [0.3, 0.4) is 0 Å². The topological polar surface area (TPSA) is 188 Å². The fourth-order valence-electron chi connectivity index (χ4n) is 7.65. The number of carbonyl (C=O) groups is 3. The molecule has 0 bridgehead atoms. The minimum absolute atomic E-state index is 0.00830. The van der Waals surface area contributed by atoms with Gasteiger partial charge in [0, 0.05) is 56.6 Å². The van der Waals surface area contributed by atoms with Gasteiger partial charge in [0.1, 0.15) is 28.6 Å². The van der Waals surface area contributed by atoms with Crippen molar-refractivity contribution in [3.63, 3.8) is 0 Å². The molecule has 3 N–H and O–H groups in total. The van der Waals surface area contributed by atoms with E-state index in [1.807, 2.05) is 6.07 Å². The van der Waals surface area contributed by atoms with Crippen molar-refractivity contribution < 1.29 is 40.9 Å². The van der Waals surface area contributed by atoms with E-state index in [4.69, 9.17) is 4.52 Å². The first-order valence-electron chi connectivity index (χ1n) is 18.3. The largest absolute Gasteiger partial charge is 0.401 e. The minimum Gasteiger partial charge on any atom is -0.350 e. The van der Waals surface area contributed by atoms with Crippen LogP contribution in [0.1, 0.15) is 78.1 Å². The molecule has 0 atom stereocenters. The highest BCUT2D eigenvalue weighted by Crippen LogP contribution is 2.56. The number of amides is 4. The summed E-state index contributed by atoms with van der Waals surface area (Å²) in [6.07, 6.45) is 0.343. The maximum absolute atomic E-state index is 15.5. The van der Waals surface area contributed by atoms with Crippen molar-refractivity contribution in [1.82, 2.24) is 50.8 Å². The highest BCUT2D eigenvalue weighted by Gasteiger charge is 2.53. The number of nitrogens with one attached hydrogen (secondary N) is 3. The summed E-state index contributed by atoms with van der Waals surface area (Å²) in [5.74, 6) is -2.51. The number of hydrogen-bond acceptors (Lipinski definition) is 11. The summed E-state index contributed by atoms with van der Waals surface area (Å²) < 4.78 is 75.6. The van der Waals surface area contributed by atoms with Gasteiger partial charge >= 0.3 is 12.2 Å². The molecular formula is C38H36F5N11O4. The zero-order valence-corrected chi connectivity index (χ0v) is 31.4. The molecule has 1 aliphatic carbocycles. The molecule has 3 aliphatic rings. The second-order valence-electron chi connectivity index (χ2n) is 15.6. The molecule has 2 aliphatic heterocycles. The van der Waals surface area contributed by atoms with E-state index in [2.05, 4.69) is 50.8 Å². The Morgan fingerprint density at radius 1 is 1.03 bits per heavy atom. The van der Waals surface area contributed by atoms with Gasteiger partial charge in [0.15, 0.2) is 17.3 Å². The first kappa shape index (κ1) is 38.7.